The van der Waals surface area contributed by atoms with Gasteiger partial charge in [-0.05, 0) is 17.8 Å². The normalized spacial score (nSPS) is 37.3. The van der Waals surface area contributed by atoms with E-state index in [1.807, 2.05) is 0 Å². The van der Waals surface area contributed by atoms with Crippen LogP contribution in [-0.2, 0) is 9.53 Å². The highest BCUT2D eigenvalue weighted by Gasteiger charge is 2.43. The largest absolute Gasteiger partial charge is 0.469 e. The average Bonchev–Trinajstić information content (AvgIpc) is 2.45. The molecule has 1 saturated carbocycles. The lowest BCUT2D eigenvalue weighted by Gasteiger charge is -1.94. The number of hydrogen-bond acceptors (Lipinski definition) is 2. The molecule has 0 bridgehead atoms. The Morgan fingerprint density at radius 2 is 1.90 bits per heavy atom. The number of ether oxygens (including phenoxy) is 1. The van der Waals surface area contributed by atoms with Gasteiger partial charge in [0.05, 0.1) is 7.11 Å². The fourth-order valence-corrected chi connectivity index (χ4v) is 1.41. The number of carbonyl (C=O) groups is 1. The van der Waals surface area contributed by atoms with Gasteiger partial charge in [0.25, 0.3) is 0 Å². The van der Waals surface area contributed by atoms with E-state index in [0.29, 0.717) is 12.3 Å². The summed E-state index contributed by atoms with van der Waals surface area (Å²) in [4.78, 5) is 10.7. The van der Waals surface area contributed by atoms with Gasteiger partial charge in [0.1, 0.15) is 0 Å². The molecule has 2 atom stereocenters. The molecule has 0 spiro atoms. The van der Waals surface area contributed by atoms with E-state index in [4.69, 9.17) is 0 Å². The van der Waals surface area contributed by atoms with Crippen molar-refractivity contribution in [3.05, 3.63) is 0 Å². The summed E-state index contributed by atoms with van der Waals surface area (Å²) in [5.41, 5.74) is 0. The van der Waals surface area contributed by atoms with Crippen molar-refractivity contribution in [2.24, 2.45) is 17.8 Å². The molecule has 1 aliphatic rings. The van der Waals surface area contributed by atoms with Crippen LogP contribution in [0.25, 0.3) is 0 Å². The first-order valence-electron chi connectivity index (χ1n) is 3.73. The summed E-state index contributed by atoms with van der Waals surface area (Å²) < 4.78 is 4.56. The van der Waals surface area contributed by atoms with Crippen LogP contribution in [-0.4, -0.2) is 13.1 Å². The summed E-state index contributed by atoms with van der Waals surface area (Å²) >= 11 is 0. The highest BCUT2D eigenvalue weighted by molar-refractivity contribution is 5.70. The van der Waals surface area contributed by atoms with Gasteiger partial charge in [-0.2, -0.15) is 0 Å². The lowest BCUT2D eigenvalue weighted by molar-refractivity contribution is -0.141. The molecule has 2 unspecified atom stereocenters. The smallest absolute Gasteiger partial charge is 0.305 e. The van der Waals surface area contributed by atoms with Gasteiger partial charge in [-0.15, -0.1) is 0 Å². The van der Waals surface area contributed by atoms with E-state index in [-0.39, 0.29) is 5.97 Å². The van der Waals surface area contributed by atoms with Gasteiger partial charge in [-0.1, -0.05) is 13.8 Å². The molecular weight excluding hydrogens is 128 g/mol. The van der Waals surface area contributed by atoms with Crippen LogP contribution in [0.3, 0.4) is 0 Å². The first kappa shape index (κ1) is 7.58. The maximum atomic E-state index is 10.7. The van der Waals surface area contributed by atoms with Crippen LogP contribution in [0.2, 0.25) is 0 Å². The molecule has 10 heavy (non-hydrogen) atoms. The molecule has 0 radical (unpaired) electrons. The average molecular weight is 142 g/mol. The van der Waals surface area contributed by atoms with E-state index in [9.17, 15) is 4.79 Å². The minimum Gasteiger partial charge on any atom is -0.469 e. The maximum Gasteiger partial charge on any atom is 0.305 e. The quantitative estimate of drug-likeness (QED) is 0.545. The summed E-state index contributed by atoms with van der Waals surface area (Å²) in [6.45, 7) is 4.36. The van der Waals surface area contributed by atoms with E-state index in [2.05, 4.69) is 18.6 Å². The third-order valence-corrected chi connectivity index (χ3v) is 2.67. The first-order chi connectivity index (χ1) is 4.66. The molecule has 58 valence electrons. The fraction of sp³-hybridized carbons (Fsp3) is 0.875. The number of rotatable bonds is 2. The van der Waals surface area contributed by atoms with E-state index >= 15 is 0 Å². The Kier molecular flexibility index (Phi) is 1.97. The number of carbonyl (C=O) groups excluding carboxylic acids is 1. The summed E-state index contributed by atoms with van der Waals surface area (Å²) in [5.74, 6) is 1.96. The van der Waals surface area contributed by atoms with E-state index in [0.717, 1.165) is 11.8 Å². The Morgan fingerprint density at radius 3 is 2.20 bits per heavy atom. The fourth-order valence-electron chi connectivity index (χ4n) is 1.41. The van der Waals surface area contributed by atoms with E-state index < -0.39 is 0 Å². The second-order valence-electron chi connectivity index (χ2n) is 3.16. The summed E-state index contributed by atoms with van der Waals surface area (Å²) in [6.07, 6.45) is 0.610. The minimum atomic E-state index is -0.0683. The van der Waals surface area contributed by atoms with Crippen molar-refractivity contribution in [2.75, 3.05) is 7.11 Å². The molecule has 2 heteroatoms. The topological polar surface area (TPSA) is 26.3 Å². The third kappa shape index (κ3) is 1.31. The minimum absolute atomic E-state index is 0.0683. The van der Waals surface area contributed by atoms with Gasteiger partial charge in [0.15, 0.2) is 0 Å². The summed E-state index contributed by atoms with van der Waals surface area (Å²) in [5, 5.41) is 0. The van der Waals surface area contributed by atoms with Gasteiger partial charge < -0.3 is 4.74 Å². The SMILES string of the molecule is COC(=O)CC1C(C)C1C. The van der Waals surface area contributed by atoms with Crippen molar-refractivity contribution in [3.63, 3.8) is 0 Å². The summed E-state index contributed by atoms with van der Waals surface area (Å²) in [7, 11) is 1.44. The van der Waals surface area contributed by atoms with Crippen molar-refractivity contribution < 1.29 is 9.53 Å². The molecule has 1 aliphatic carbocycles. The molecule has 0 amide bonds. The Bertz CT molecular complexity index is 134. The first-order valence-corrected chi connectivity index (χ1v) is 3.73. The number of hydrogen-bond donors (Lipinski definition) is 0. The Hall–Kier alpha value is -0.530. The molecule has 0 saturated heterocycles. The van der Waals surface area contributed by atoms with Gasteiger partial charge in [-0.25, -0.2) is 0 Å². The van der Waals surface area contributed by atoms with Crippen LogP contribution in [0.5, 0.6) is 0 Å². The molecular formula is C8H14O2. The van der Waals surface area contributed by atoms with Crippen molar-refractivity contribution >= 4 is 5.97 Å². The highest BCUT2D eigenvalue weighted by atomic mass is 16.5. The Labute approximate surface area is 61.6 Å². The number of esters is 1. The summed E-state index contributed by atoms with van der Waals surface area (Å²) in [6, 6.07) is 0. The zero-order valence-corrected chi connectivity index (χ0v) is 6.76. The van der Waals surface area contributed by atoms with Crippen LogP contribution in [0, 0.1) is 17.8 Å². The van der Waals surface area contributed by atoms with Crippen molar-refractivity contribution in [1.82, 2.24) is 0 Å². The zero-order valence-electron chi connectivity index (χ0n) is 6.76. The standard InChI is InChI=1S/C8H14O2/c1-5-6(2)7(5)4-8(9)10-3/h5-7H,4H2,1-3H3. The molecule has 0 N–H and O–H groups in total. The lowest BCUT2D eigenvalue weighted by Crippen LogP contribution is -2.01. The van der Waals surface area contributed by atoms with Crippen molar-refractivity contribution in [1.29, 1.82) is 0 Å². The second-order valence-corrected chi connectivity index (χ2v) is 3.16. The zero-order chi connectivity index (χ0) is 7.72. The molecule has 0 aliphatic heterocycles. The van der Waals surface area contributed by atoms with Crippen molar-refractivity contribution in [3.8, 4) is 0 Å². The van der Waals surface area contributed by atoms with Crippen LogP contribution in [0.1, 0.15) is 20.3 Å². The van der Waals surface area contributed by atoms with E-state index in [1.54, 1.807) is 0 Å². The molecule has 0 aromatic carbocycles. The second kappa shape index (κ2) is 2.60. The lowest BCUT2D eigenvalue weighted by atomic mass is 10.2. The molecule has 0 aromatic rings. The maximum absolute atomic E-state index is 10.7. The number of methoxy groups -OCH3 is 1. The predicted octanol–water partition coefficient (Wildman–Crippen LogP) is 1.45. The molecule has 2 nitrogen and oxygen atoms in total. The molecule has 1 rings (SSSR count). The molecule has 1 fully saturated rings. The van der Waals surface area contributed by atoms with Gasteiger partial charge in [0.2, 0.25) is 0 Å². The van der Waals surface area contributed by atoms with Crippen LogP contribution in [0.15, 0.2) is 0 Å². The Morgan fingerprint density at radius 1 is 1.40 bits per heavy atom. The Balaban J connectivity index is 2.22. The van der Waals surface area contributed by atoms with Crippen LogP contribution >= 0.6 is 0 Å². The third-order valence-electron chi connectivity index (χ3n) is 2.67. The van der Waals surface area contributed by atoms with Crippen LogP contribution in [0.4, 0.5) is 0 Å². The van der Waals surface area contributed by atoms with Gasteiger partial charge in [0, 0.05) is 6.42 Å². The monoisotopic (exact) mass is 142 g/mol. The highest BCUT2D eigenvalue weighted by Crippen LogP contribution is 2.47. The van der Waals surface area contributed by atoms with Crippen molar-refractivity contribution in [2.45, 2.75) is 20.3 Å². The van der Waals surface area contributed by atoms with Crippen LogP contribution < -0.4 is 0 Å². The molecule has 0 aromatic heterocycles. The molecule has 0 heterocycles. The van der Waals surface area contributed by atoms with E-state index in [1.165, 1.54) is 7.11 Å². The van der Waals surface area contributed by atoms with Gasteiger partial charge >= 0.3 is 5.97 Å². The predicted molar refractivity (Wildman–Crippen MR) is 38.5 cm³/mol. The van der Waals surface area contributed by atoms with Gasteiger partial charge in [-0.3, -0.25) is 4.79 Å².